The number of ether oxygens (including phenoxy) is 1. The van der Waals surface area contributed by atoms with Gasteiger partial charge in [-0.25, -0.2) is 4.39 Å². The van der Waals surface area contributed by atoms with Gasteiger partial charge in [-0.3, -0.25) is 0 Å². The quantitative estimate of drug-likeness (QED) is 0.933. The molecular weight excluding hydrogens is 269 g/mol. The van der Waals surface area contributed by atoms with Gasteiger partial charge in [0.25, 0.3) is 0 Å². The van der Waals surface area contributed by atoms with Gasteiger partial charge in [0, 0.05) is 11.1 Å². The average molecular weight is 285 g/mol. The van der Waals surface area contributed by atoms with Gasteiger partial charge in [-0.1, -0.05) is 11.6 Å². The van der Waals surface area contributed by atoms with Crippen LogP contribution in [0.15, 0.2) is 36.4 Å². The van der Waals surface area contributed by atoms with E-state index in [-0.39, 0.29) is 6.61 Å². The molecule has 3 nitrogen and oxygen atoms in total. The summed E-state index contributed by atoms with van der Waals surface area (Å²) in [5.41, 5.74) is 2.36. The maximum Gasteiger partial charge on any atom is 0.129 e. The molecule has 0 unspecified atom stereocenters. The number of aryl methyl sites for hydroxylation is 1. The Morgan fingerprint density at radius 3 is 2.71 bits per heavy atom. The zero-order valence-electron chi connectivity index (χ0n) is 11.9. The van der Waals surface area contributed by atoms with Gasteiger partial charge in [0.05, 0.1) is 17.7 Å². The van der Waals surface area contributed by atoms with Crippen LogP contribution in [0.3, 0.4) is 0 Å². The van der Waals surface area contributed by atoms with Crippen LogP contribution in [0.5, 0.6) is 5.75 Å². The van der Waals surface area contributed by atoms with Crippen LogP contribution >= 0.6 is 0 Å². The standard InChI is InChI=1S/C17H16FNO2/c1-11-3-6-17(15(7-11)12(2)20)21-10-14-8-13(9-19)4-5-16(14)18/h3-8,12,20H,10H2,1-2H3/t12-/m1/s1. The molecule has 2 rings (SSSR count). The van der Waals surface area contributed by atoms with E-state index in [0.717, 1.165) is 5.56 Å². The molecule has 2 aromatic carbocycles. The molecule has 0 heterocycles. The van der Waals surface area contributed by atoms with Crippen molar-refractivity contribution in [1.29, 1.82) is 5.26 Å². The Morgan fingerprint density at radius 1 is 1.29 bits per heavy atom. The van der Waals surface area contributed by atoms with Gasteiger partial charge in [0.2, 0.25) is 0 Å². The third-order valence-electron chi connectivity index (χ3n) is 3.17. The summed E-state index contributed by atoms with van der Waals surface area (Å²) in [6.07, 6.45) is -0.671. The fourth-order valence-electron chi connectivity index (χ4n) is 2.04. The number of rotatable bonds is 4. The van der Waals surface area contributed by atoms with Gasteiger partial charge < -0.3 is 9.84 Å². The first kappa shape index (κ1) is 15.0. The largest absolute Gasteiger partial charge is 0.488 e. The molecule has 2 aromatic rings. The van der Waals surface area contributed by atoms with Crippen LogP contribution in [0.1, 0.15) is 35.3 Å². The van der Waals surface area contributed by atoms with E-state index < -0.39 is 11.9 Å². The van der Waals surface area contributed by atoms with Gasteiger partial charge in [-0.2, -0.15) is 5.26 Å². The van der Waals surface area contributed by atoms with Gasteiger partial charge in [0.1, 0.15) is 18.2 Å². The van der Waals surface area contributed by atoms with Gasteiger partial charge in [-0.15, -0.1) is 0 Å². The summed E-state index contributed by atoms with van der Waals surface area (Å²) in [5.74, 6) is 0.0945. The molecule has 0 bridgehead atoms. The van der Waals surface area contributed by atoms with Crippen molar-refractivity contribution in [1.82, 2.24) is 0 Å². The van der Waals surface area contributed by atoms with Gasteiger partial charge in [-0.05, 0) is 44.2 Å². The van der Waals surface area contributed by atoms with Crippen molar-refractivity contribution in [3.63, 3.8) is 0 Å². The zero-order chi connectivity index (χ0) is 15.4. The second-order valence-corrected chi connectivity index (χ2v) is 4.92. The van der Waals surface area contributed by atoms with E-state index >= 15 is 0 Å². The lowest BCUT2D eigenvalue weighted by Crippen LogP contribution is -2.03. The van der Waals surface area contributed by atoms with Crippen LogP contribution in [0.2, 0.25) is 0 Å². The summed E-state index contributed by atoms with van der Waals surface area (Å²) in [5, 5.41) is 18.6. The van der Waals surface area contributed by atoms with Crippen molar-refractivity contribution < 1.29 is 14.2 Å². The monoisotopic (exact) mass is 285 g/mol. The number of halogens is 1. The number of aliphatic hydroxyl groups is 1. The van der Waals surface area contributed by atoms with E-state index in [9.17, 15) is 9.50 Å². The van der Waals surface area contributed by atoms with E-state index in [4.69, 9.17) is 10.00 Å². The fourth-order valence-corrected chi connectivity index (χ4v) is 2.04. The van der Waals surface area contributed by atoms with E-state index in [1.807, 2.05) is 25.1 Å². The molecule has 0 saturated carbocycles. The topological polar surface area (TPSA) is 53.2 Å². The molecule has 0 fully saturated rings. The highest BCUT2D eigenvalue weighted by molar-refractivity contribution is 5.39. The second kappa shape index (κ2) is 6.38. The summed E-state index contributed by atoms with van der Waals surface area (Å²) < 4.78 is 19.3. The molecule has 0 aromatic heterocycles. The molecule has 1 N–H and O–H groups in total. The smallest absolute Gasteiger partial charge is 0.129 e. The third-order valence-corrected chi connectivity index (χ3v) is 3.17. The number of nitriles is 1. The Kier molecular flexibility index (Phi) is 4.56. The molecule has 0 aliphatic heterocycles. The first-order valence-electron chi connectivity index (χ1n) is 6.61. The lowest BCUT2D eigenvalue weighted by atomic mass is 10.1. The minimum Gasteiger partial charge on any atom is -0.488 e. The minimum atomic E-state index is -0.671. The number of nitrogens with zero attached hydrogens (tertiary/aromatic N) is 1. The molecule has 4 heteroatoms. The molecule has 0 spiro atoms. The van der Waals surface area contributed by atoms with Gasteiger partial charge >= 0.3 is 0 Å². The van der Waals surface area contributed by atoms with E-state index in [1.54, 1.807) is 13.0 Å². The highest BCUT2D eigenvalue weighted by atomic mass is 19.1. The molecule has 0 amide bonds. The molecule has 1 atom stereocenters. The first-order chi connectivity index (χ1) is 10.0. The Labute approximate surface area is 123 Å². The number of hydrogen-bond acceptors (Lipinski definition) is 3. The lowest BCUT2D eigenvalue weighted by molar-refractivity contribution is 0.189. The highest BCUT2D eigenvalue weighted by Crippen LogP contribution is 2.27. The molecule has 0 aliphatic carbocycles. The van der Waals surface area contributed by atoms with Crippen LogP contribution in [0, 0.1) is 24.1 Å². The Morgan fingerprint density at radius 2 is 2.05 bits per heavy atom. The van der Waals surface area contributed by atoms with E-state index in [2.05, 4.69) is 0 Å². The van der Waals surface area contributed by atoms with Crippen molar-refractivity contribution in [2.75, 3.05) is 0 Å². The first-order valence-corrected chi connectivity index (χ1v) is 6.61. The molecule has 0 saturated heterocycles. The number of hydrogen-bond donors (Lipinski definition) is 1. The maximum absolute atomic E-state index is 13.7. The predicted molar refractivity (Wildman–Crippen MR) is 77.3 cm³/mol. The van der Waals surface area contributed by atoms with Crippen LogP contribution in [0.25, 0.3) is 0 Å². The zero-order valence-corrected chi connectivity index (χ0v) is 11.9. The second-order valence-electron chi connectivity index (χ2n) is 4.92. The maximum atomic E-state index is 13.7. The summed E-state index contributed by atoms with van der Waals surface area (Å²) in [6, 6.07) is 11.6. The Bertz CT molecular complexity index is 690. The SMILES string of the molecule is Cc1ccc(OCc2cc(C#N)ccc2F)c([C@@H](C)O)c1. The van der Waals surface area contributed by atoms with Gasteiger partial charge in [0.15, 0.2) is 0 Å². The summed E-state index contributed by atoms with van der Waals surface area (Å²) in [4.78, 5) is 0. The van der Waals surface area contributed by atoms with Crippen LogP contribution in [-0.2, 0) is 6.61 Å². The predicted octanol–water partition coefficient (Wildman–Crippen LogP) is 3.64. The summed E-state index contributed by atoms with van der Waals surface area (Å²) in [6.45, 7) is 3.58. The number of benzene rings is 2. The lowest BCUT2D eigenvalue weighted by Gasteiger charge is -2.14. The molecular formula is C17H16FNO2. The van der Waals surface area contributed by atoms with E-state index in [1.165, 1.54) is 18.2 Å². The van der Waals surface area contributed by atoms with Crippen molar-refractivity contribution in [3.8, 4) is 11.8 Å². The van der Waals surface area contributed by atoms with Crippen molar-refractivity contribution in [3.05, 3.63) is 64.5 Å². The van der Waals surface area contributed by atoms with Crippen LogP contribution < -0.4 is 4.74 Å². The molecule has 0 radical (unpaired) electrons. The van der Waals surface area contributed by atoms with Crippen molar-refractivity contribution >= 4 is 0 Å². The highest BCUT2D eigenvalue weighted by Gasteiger charge is 2.11. The minimum absolute atomic E-state index is 0.00410. The van der Waals surface area contributed by atoms with Crippen molar-refractivity contribution in [2.24, 2.45) is 0 Å². The average Bonchev–Trinajstić information content (AvgIpc) is 2.47. The molecule has 0 aliphatic rings. The molecule has 108 valence electrons. The van der Waals surface area contributed by atoms with Crippen LogP contribution in [-0.4, -0.2) is 5.11 Å². The normalized spacial score (nSPS) is 11.8. The third kappa shape index (κ3) is 3.59. The summed E-state index contributed by atoms with van der Waals surface area (Å²) >= 11 is 0. The van der Waals surface area contributed by atoms with Crippen LogP contribution in [0.4, 0.5) is 4.39 Å². The van der Waals surface area contributed by atoms with Crippen molar-refractivity contribution in [2.45, 2.75) is 26.6 Å². The van der Waals surface area contributed by atoms with E-state index in [0.29, 0.717) is 22.4 Å². The Balaban J connectivity index is 2.23. The summed E-state index contributed by atoms with van der Waals surface area (Å²) in [7, 11) is 0. The fraction of sp³-hybridized carbons (Fsp3) is 0.235. The molecule has 21 heavy (non-hydrogen) atoms. The number of aliphatic hydroxyl groups excluding tert-OH is 1. The Hall–Kier alpha value is -2.38.